The Labute approximate surface area is 114 Å². The molecule has 7 heteroatoms. The monoisotopic (exact) mass is 288 g/mol. The van der Waals surface area contributed by atoms with E-state index < -0.39 is 17.8 Å². The fourth-order valence-electron chi connectivity index (χ4n) is 1.94. The van der Waals surface area contributed by atoms with E-state index in [1.807, 2.05) is 0 Å². The van der Waals surface area contributed by atoms with E-state index in [9.17, 15) is 18.0 Å². The molecular formula is C13H15F3N2O2. The van der Waals surface area contributed by atoms with Gasteiger partial charge in [0, 0.05) is 24.9 Å². The highest BCUT2D eigenvalue weighted by Crippen LogP contribution is 2.29. The molecule has 0 spiro atoms. The van der Waals surface area contributed by atoms with Gasteiger partial charge < -0.3 is 15.4 Å². The largest absolute Gasteiger partial charge is 0.416 e. The molecule has 2 rings (SSSR count). The third kappa shape index (κ3) is 4.12. The first-order valence-electron chi connectivity index (χ1n) is 6.27. The Morgan fingerprint density at radius 3 is 2.30 bits per heavy atom. The summed E-state index contributed by atoms with van der Waals surface area (Å²) in [5.41, 5.74) is -0.421. The summed E-state index contributed by atoms with van der Waals surface area (Å²) in [5.74, 6) is 0. The predicted molar refractivity (Wildman–Crippen MR) is 67.4 cm³/mol. The van der Waals surface area contributed by atoms with E-state index in [1.165, 1.54) is 12.1 Å². The zero-order chi connectivity index (χ0) is 14.6. The third-order valence-electron chi connectivity index (χ3n) is 3.03. The maximum atomic E-state index is 12.4. The van der Waals surface area contributed by atoms with Gasteiger partial charge in [0.2, 0.25) is 0 Å². The summed E-state index contributed by atoms with van der Waals surface area (Å²) in [5, 5.41) is 5.27. The lowest BCUT2D eigenvalue weighted by molar-refractivity contribution is -0.137. The standard InChI is InChI=1S/C13H15F3N2O2/c14-13(15,16)9-1-3-10(4-2-9)17-12(19)18-11-5-7-20-8-6-11/h1-4,11H,5-8H2,(H2,17,18,19). The van der Waals surface area contributed by atoms with Crippen LogP contribution in [0.1, 0.15) is 18.4 Å². The van der Waals surface area contributed by atoms with Crippen LogP contribution in [-0.4, -0.2) is 25.3 Å². The van der Waals surface area contributed by atoms with Crippen LogP contribution >= 0.6 is 0 Å². The van der Waals surface area contributed by atoms with Crippen molar-refractivity contribution in [3.63, 3.8) is 0 Å². The second kappa shape index (κ2) is 6.13. The zero-order valence-electron chi connectivity index (χ0n) is 10.7. The van der Waals surface area contributed by atoms with Crippen molar-refractivity contribution in [1.82, 2.24) is 5.32 Å². The highest BCUT2D eigenvalue weighted by atomic mass is 19.4. The van der Waals surface area contributed by atoms with E-state index in [1.54, 1.807) is 0 Å². The lowest BCUT2D eigenvalue weighted by atomic mass is 10.1. The van der Waals surface area contributed by atoms with E-state index in [-0.39, 0.29) is 6.04 Å². The molecule has 0 unspecified atom stereocenters. The number of rotatable bonds is 2. The average molecular weight is 288 g/mol. The normalized spacial score (nSPS) is 16.8. The molecule has 0 radical (unpaired) electrons. The molecule has 4 nitrogen and oxygen atoms in total. The molecular weight excluding hydrogens is 273 g/mol. The Kier molecular flexibility index (Phi) is 4.49. The third-order valence-corrected chi connectivity index (χ3v) is 3.03. The number of hydrogen-bond acceptors (Lipinski definition) is 2. The second-order valence-corrected chi connectivity index (χ2v) is 4.56. The van der Waals surface area contributed by atoms with Crippen LogP contribution in [0.4, 0.5) is 23.7 Å². The van der Waals surface area contributed by atoms with Gasteiger partial charge in [-0.05, 0) is 37.1 Å². The number of amides is 2. The molecule has 1 fully saturated rings. The molecule has 1 heterocycles. The van der Waals surface area contributed by atoms with Crippen LogP contribution in [0, 0.1) is 0 Å². The van der Waals surface area contributed by atoms with Crippen molar-refractivity contribution in [1.29, 1.82) is 0 Å². The van der Waals surface area contributed by atoms with Crippen LogP contribution in [0.25, 0.3) is 0 Å². The Balaban J connectivity index is 1.87. The Bertz CT molecular complexity index is 454. The highest BCUT2D eigenvalue weighted by molar-refractivity contribution is 5.89. The quantitative estimate of drug-likeness (QED) is 0.879. The smallest absolute Gasteiger partial charge is 0.381 e. The van der Waals surface area contributed by atoms with Crippen LogP contribution in [-0.2, 0) is 10.9 Å². The number of carbonyl (C=O) groups is 1. The molecule has 110 valence electrons. The Hall–Kier alpha value is -1.76. The first-order valence-corrected chi connectivity index (χ1v) is 6.27. The van der Waals surface area contributed by atoms with Gasteiger partial charge in [-0.1, -0.05) is 0 Å². The number of ether oxygens (including phenoxy) is 1. The van der Waals surface area contributed by atoms with Crippen LogP contribution < -0.4 is 10.6 Å². The maximum Gasteiger partial charge on any atom is 0.416 e. The summed E-state index contributed by atoms with van der Waals surface area (Å²) >= 11 is 0. The number of alkyl halides is 3. The number of halogens is 3. The van der Waals surface area contributed by atoms with Crippen LogP contribution in [0.5, 0.6) is 0 Å². The molecule has 20 heavy (non-hydrogen) atoms. The summed E-state index contributed by atoms with van der Waals surface area (Å²) < 4.78 is 42.3. The van der Waals surface area contributed by atoms with Crippen molar-refractivity contribution in [2.45, 2.75) is 25.1 Å². The number of nitrogens with one attached hydrogen (secondary N) is 2. The number of benzene rings is 1. The topological polar surface area (TPSA) is 50.4 Å². The van der Waals surface area contributed by atoms with Gasteiger partial charge in [0.25, 0.3) is 0 Å². The van der Waals surface area contributed by atoms with E-state index in [4.69, 9.17) is 4.74 Å². The van der Waals surface area contributed by atoms with Gasteiger partial charge in [0.1, 0.15) is 0 Å². The van der Waals surface area contributed by atoms with Crippen molar-refractivity contribution in [3.05, 3.63) is 29.8 Å². The highest BCUT2D eigenvalue weighted by Gasteiger charge is 2.30. The molecule has 0 atom stereocenters. The molecule has 2 amide bonds. The molecule has 0 bridgehead atoms. The van der Waals surface area contributed by atoms with E-state index in [0.29, 0.717) is 18.9 Å². The van der Waals surface area contributed by atoms with Gasteiger partial charge in [-0.2, -0.15) is 13.2 Å². The lowest BCUT2D eigenvalue weighted by Gasteiger charge is -2.23. The van der Waals surface area contributed by atoms with Gasteiger partial charge in [0.05, 0.1) is 5.56 Å². The molecule has 1 saturated heterocycles. The predicted octanol–water partition coefficient (Wildman–Crippen LogP) is 3.01. The van der Waals surface area contributed by atoms with E-state index >= 15 is 0 Å². The molecule has 2 N–H and O–H groups in total. The minimum Gasteiger partial charge on any atom is -0.381 e. The first-order chi connectivity index (χ1) is 9.45. The molecule has 1 aromatic rings. The summed E-state index contributed by atoms with van der Waals surface area (Å²) in [6.07, 6.45) is -2.90. The fraction of sp³-hybridized carbons (Fsp3) is 0.462. The number of carbonyl (C=O) groups excluding carboxylic acids is 1. The maximum absolute atomic E-state index is 12.4. The summed E-state index contributed by atoms with van der Waals surface area (Å²) in [6.45, 7) is 1.20. The Morgan fingerprint density at radius 2 is 1.75 bits per heavy atom. The molecule has 1 aromatic carbocycles. The molecule has 1 aliphatic rings. The van der Waals surface area contributed by atoms with Crippen LogP contribution in [0.2, 0.25) is 0 Å². The van der Waals surface area contributed by atoms with E-state index in [2.05, 4.69) is 10.6 Å². The minimum absolute atomic E-state index is 0.0400. The molecule has 0 aliphatic carbocycles. The molecule has 0 aromatic heterocycles. The summed E-state index contributed by atoms with van der Waals surface area (Å²) in [7, 11) is 0. The first kappa shape index (κ1) is 14.6. The van der Waals surface area contributed by atoms with Crippen LogP contribution in [0.15, 0.2) is 24.3 Å². The summed E-state index contributed by atoms with van der Waals surface area (Å²) in [6, 6.07) is 3.95. The number of anilines is 1. The van der Waals surface area contributed by atoms with Crippen molar-refractivity contribution < 1.29 is 22.7 Å². The van der Waals surface area contributed by atoms with Gasteiger partial charge >= 0.3 is 12.2 Å². The van der Waals surface area contributed by atoms with Crippen molar-refractivity contribution in [2.75, 3.05) is 18.5 Å². The van der Waals surface area contributed by atoms with E-state index in [0.717, 1.165) is 25.0 Å². The average Bonchev–Trinajstić information content (AvgIpc) is 2.39. The summed E-state index contributed by atoms with van der Waals surface area (Å²) in [4.78, 5) is 11.7. The van der Waals surface area contributed by atoms with Gasteiger partial charge in [-0.3, -0.25) is 0 Å². The van der Waals surface area contributed by atoms with Crippen molar-refractivity contribution in [2.24, 2.45) is 0 Å². The zero-order valence-corrected chi connectivity index (χ0v) is 10.7. The number of urea groups is 1. The van der Waals surface area contributed by atoms with Crippen molar-refractivity contribution >= 4 is 11.7 Å². The van der Waals surface area contributed by atoms with Crippen molar-refractivity contribution in [3.8, 4) is 0 Å². The van der Waals surface area contributed by atoms with Gasteiger partial charge in [-0.15, -0.1) is 0 Å². The Morgan fingerprint density at radius 1 is 1.15 bits per heavy atom. The van der Waals surface area contributed by atoms with Crippen LogP contribution in [0.3, 0.4) is 0 Å². The van der Waals surface area contributed by atoms with Gasteiger partial charge in [-0.25, -0.2) is 4.79 Å². The van der Waals surface area contributed by atoms with Gasteiger partial charge in [0.15, 0.2) is 0 Å². The second-order valence-electron chi connectivity index (χ2n) is 4.56. The number of hydrogen-bond donors (Lipinski definition) is 2. The molecule has 0 saturated carbocycles. The fourth-order valence-corrected chi connectivity index (χ4v) is 1.94. The SMILES string of the molecule is O=C(Nc1ccc(C(F)(F)F)cc1)NC1CCOCC1. The molecule has 1 aliphatic heterocycles. The lowest BCUT2D eigenvalue weighted by Crippen LogP contribution is -2.41. The minimum atomic E-state index is -4.37.